The van der Waals surface area contributed by atoms with Gasteiger partial charge >= 0.3 is 0 Å². The molecule has 0 saturated heterocycles. The van der Waals surface area contributed by atoms with Crippen LogP contribution in [0.3, 0.4) is 0 Å². The molecule has 0 amide bonds. The molecule has 6 heteroatoms. The lowest BCUT2D eigenvalue weighted by atomic mass is 9.97. The van der Waals surface area contributed by atoms with Crippen molar-refractivity contribution in [3.8, 4) is 11.5 Å². The Kier molecular flexibility index (Phi) is 4.99. The maximum absolute atomic E-state index is 12.8. The van der Waals surface area contributed by atoms with Crippen molar-refractivity contribution in [3.63, 3.8) is 0 Å². The van der Waals surface area contributed by atoms with Crippen LogP contribution in [0.1, 0.15) is 34.0 Å². The van der Waals surface area contributed by atoms with E-state index in [0.29, 0.717) is 11.1 Å². The third kappa shape index (κ3) is 3.79. The van der Waals surface area contributed by atoms with Crippen molar-refractivity contribution in [2.24, 2.45) is 0 Å². The lowest BCUT2D eigenvalue weighted by molar-refractivity contribution is 0.0993. The summed E-state index contributed by atoms with van der Waals surface area (Å²) in [5, 5.41) is 8.14. The fourth-order valence-corrected chi connectivity index (χ4v) is 3.27. The number of pyridine rings is 1. The molecule has 5 nitrogen and oxygen atoms in total. The molecule has 0 radical (unpaired) electrons. The van der Waals surface area contributed by atoms with E-state index in [1.807, 2.05) is 39.8 Å². The highest BCUT2D eigenvalue weighted by Crippen LogP contribution is 2.28. The Hall–Kier alpha value is -2.47. The fourth-order valence-electron chi connectivity index (χ4n) is 2.52. The smallest absolute Gasteiger partial charge is 0.277 e. The molecule has 25 heavy (non-hydrogen) atoms. The van der Waals surface area contributed by atoms with E-state index in [4.69, 9.17) is 4.42 Å². The second kappa shape index (κ2) is 7.19. The van der Waals surface area contributed by atoms with Crippen LogP contribution in [0.5, 0.6) is 0 Å². The number of ketones is 1. The summed E-state index contributed by atoms with van der Waals surface area (Å²) in [6.07, 6.45) is 3.34. The number of hydrogen-bond acceptors (Lipinski definition) is 6. The van der Waals surface area contributed by atoms with Gasteiger partial charge in [0.05, 0.1) is 5.25 Å². The minimum absolute atomic E-state index is 0.0641. The quantitative estimate of drug-likeness (QED) is 0.499. The van der Waals surface area contributed by atoms with Gasteiger partial charge in [0.2, 0.25) is 5.89 Å². The lowest BCUT2D eigenvalue weighted by Crippen LogP contribution is -2.15. The van der Waals surface area contributed by atoms with Crippen LogP contribution in [0.2, 0.25) is 0 Å². The van der Waals surface area contributed by atoms with Crippen LogP contribution < -0.4 is 0 Å². The van der Waals surface area contributed by atoms with Crippen LogP contribution in [0.4, 0.5) is 0 Å². The van der Waals surface area contributed by atoms with E-state index in [1.165, 1.54) is 17.3 Å². The summed E-state index contributed by atoms with van der Waals surface area (Å²) in [5.74, 6) is 0.487. The van der Waals surface area contributed by atoms with Gasteiger partial charge in [-0.15, -0.1) is 10.2 Å². The number of hydrogen-bond donors (Lipinski definition) is 0. The third-order valence-electron chi connectivity index (χ3n) is 4.09. The van der Waals surface area contributed by atoms with Gasteiger partial charge < -0.3 is 4.42 Å². The second-order valence-corrected chi connectivity index (χ2v) is 7.28. The molecule has 2 aromatic heterocycles. The van der Waals surface area contributed by atoms with Crippen molar-refractivity contribution in [1.82, 2.24) is 15.2 Å². The fraction of sp³-hybridized carbons (Fsp3) is 0.263. The summed E-state index contributed by atoms with van der Waals surface area (Å²) in [5.41, 5.74) is 4.84. The highest BCUT2D eigenvalue weighted by molar-refractivity contribution is 8.00. The molecule has 1 atom stereocenters. The van der Waals surface area contributed by atoms with Crippen molar-refractivity contribution < 1.29 is 9.21 Å². The van der Waals surface area contributed by atoms with E-state index in [1.54, 1.807) is 24.5 Å². The molecule has 0 spiro atoms. The number of benzene rings is 1. The average molecular weight is 353 g/mol. The van der Waals surface area contributed by atoms with E-state index < -0.39 is 0 Å². The van der Waals surface area contributed by atoms with Gasteiger partial charge in [0.15, 0.2) is 5.78 Å². The van der Waals surface area contributed by atoms with Crippen LogP contribution in [0, 0.1) is 20.8 Å². The zero-order valence-corrected chi connectivity index (χ0v) is 15.4. The summed E-state index contributed by atoms with van der Waals surface area (Å²) < 4.78 is 5.66. The Morgan fingerprint density at radius 3 is 2.44 bits per heavy atom. The third-order valence-corrected chi connectivity index (χ3v) is 5.02. The first kappa shape index (κ1) is 17.4. The highest BCUT2D eigenvalue weighted by atomic mass is 32.2. The number of nitrogens with zero attached hydrogens (tertiary/aromatic N) is 3. The van der Waals surface area contributed by atoms with Crippen molar-refractivity contribution in [1.29, 1.82) is 0 Å². The molecule has 0 aliphatic rings. The Labute approximate surface area is 150 Å². The minimum Gasteiger partial charge on any atom is -0.411 e. The molecule has 1 aromatic carbocycles. The van der Waals surface area contributed by atoms with Gasteiger partial charge in [0.1, 0.15) is 0 Å². The molecule has 0 aliphatic heterocycles. The topological polar surface area (TPSA) is 68.9 Å². The van der Waals surface area contributed by atoms with Gasteiger partial charge in [-0.3, -0.25) is 9.78 Å². The normalized spacial score (nSPS) is 12.2. The SMILES string of the molecule is Cc1cc(C)c(C(=O)C(C)Sc2nnc(-c3ccncc3)o2)cc1C. The van der Waals surface area contributed by atoms with E-state index >= 15 is 0 Å². The van der Waals surface area contributed by atoms with Gasteiger partial charge in [-0.2, -0.15) is 0 Å². The summed E-state index contributed by atoms with van der Waals surface area (Å²) in [7, 11) is 0. The molecule has 0 bridgehead atoms. The standard InChI is InChI=1S/C19H19N3O2S/c1-11-9-13(3)16(10-12(11)2)17(23)14(4)25-19-22-21-18(24-19)15-5-7-20-8-6-15/h5-10,14H,1-4H3. The number of aromatic nitrogens is 3. The molecular weight excluding hydrogens is 334 g/mol. The van der Waals surface area contributed by atoms with Crippen molar-refractivity contribution in [2.45, 2.75) is 38.2 Å². The van der Waals surface area contributed by atoms with E-state index in [9.17, 15) is 4.79 Å². The molecule has 3 rings (SSSR count). The number of rotatable bonds is 5. The zero-order chi connectivity index (χ0) is 18.0. The van der Waals surface area contributed by atoms with E-state index in [2.05, 4.69) is 15.2 Å². The summed E-state index contributed by atoms with van der Waals surface area (Å²) in [6.45, 7) is 7.89. The van der Waals surface area contributed by atoms with Gasteiger partial charge in [-0.1, -0.05) is 17.8 Å². The lowest BCUT2D eigenvalue weighted by Gasteiger charge is -2.12. The van der Waals surface area contributed by atoms with Crippen molar-refractivity contribution in [2.75, 3.05) is 0 Å². The van der Waals surface area contributed by atoms with Gasteiger partial charge in [0, 0.05) is 23.5 Å². The second-order valence-electron chi connectivity index (χ2n) is 5.98. The summed E-state index contributed by atoms with van der Waals surface area (Å²) in [6, 6.07) is 7.61. The number of aryl methyl sites for hydroxylation is 3. The number of carbonyl (C=O) groups excluding carboxylic acids is 1. The number of carbonyl (C=O) groups is 1. The predicted octanol–water partition coefficient (Wildman–Crippen LogP) is 4.42. The van der Waals surface area contributed by atoms with Gasteiger partial charge in [0.25, 0.3) is 5.22 Å². The van der Waals surface area contributed by atoms with Crippen LogP contribution in [-0.2, 0) is 0 Å². The first-order valence-electron chi connectivity index (χ1n) is 7.98. The molecule has 3 aromatic rings. The van der Waals surface area contributed by atoms with Crippen LogP contribution in [0.15, 0.2) is 46.3 Å². The monoisotopic (exact) mass is 353 g/mol. The van der Waals surface area contributed by atoms with Crippen LogP contribution in [0.25, 0.3) is 11.5 Å². The van der Waals surface area contributed by atoms with Gasteiger partial charge in [-0.25, -0.2) is 0 Å². The zero-order valence-electron chi connectivity index (χ0n) is 14.6. The molecule has 1 unspecified atom stereocenters. The maximum atomic E-state index is 12.8. The van der Waals surface area contributed by atoms with Crippen LogP contribution >= 0.6 is 11.8 Å². The number of thioether (sulfide) groups is 1. The Morgan fingerprint density at radius 1 is 1.04 bits per heavy atom. The molecular formula is C19H19N3O2S. The summed E-state index contributed by atoms with van der Waals surface area (Å²) >= 11 is 1.28. The molecule has 128 valence electrons. The predicted molar refractivity (Wildman–Crippen MR) is 97.8 cm³/mol. The molecule has 0 N–H and O–H groups in total. The summed E-state index contributed by atoms with van der Waals surface area (Å²) in [4.78, 5) is 16.8. The maximum Gasteiger partial charge on any atom is 0.277 e. The first-order valence-corrected chi connectivity index (χ1v) is 8.86. The Bertz CT molecular complexity index is 906. The number of Topliss-reactive ketones (excluding diaryl/α,β-unsaturated/α-hetero) is 1. The molecule has 2 heterocycles. The highest BCUT2D eigenvalue weighted by Gasteiger charge is 2.22. The van der Waals surface area contributed by atoms with Gasteiger partial charge in [-0.05, 0) is 62.6 Å². The molecule has 0 saturated carbocycles. The Balaban J connectivity index is 1.76. The van der Waals surface area contributed by atoms with E-state index in [-0.39, 0.29) is 11.0 Å². The molecule has 0 fully saturated rings. The van der Waals surface area contributed by atoms with Crippen molar-refractivity contribution >= 4 is 17.5 Å². The first-order chi connectivity index (χ1) is 12.0. The largest absolute Gasteiger partial charge is 0.411 e. The minimum atomic E-state index is -0.313. The van der Waals surface area contributed by atoms with Crippen molar-refractivity contribution in [3.05, 3.63) is 58.9 Å². The van der Waals surface area contributed by atoms with E-state index in [0.717, 1.165) is 22.3 Å². The average Bonchev–Trinajstić information content (AvgIpc) is 3.07. The van der Waals surface area contributed by atoms with Crippen LogP contribution in [-0.4, -0.2) is 26.2 Å². The Morgan fingerprint density at radius 2 is 1.72 bits per heavy atom. The molecule has 0 aliphatic carbocycles.